The van der Waals surface area contributed by atoms with E-state index in [0.717, 1.165) is 11.7 Å². The van der Waals surface area contributed by atoms with Crippen LogP contribution in [-0.4, -0.2) is 14.8 Å². The third-order valence-corrected chi connectivity index (χ3v) is 4.94. The Kier molecular flexibility index (Phi) is 2.67. The molecule has 1 N–H and O–H groups in total. The Morgan fingerprint density at radius 1 is 1.59 bits per heavy atom. The van der Waals surface area contributed by atoms with E-state index in [1.165, 1.54) is 35.3 Å². The standard InChI is InChI=1S/C12H15N3S2/c1-7-3-4-8-9(6-17-10(8)5-7)11-13-14-12(16)15(11)2/h6-7H,3-5H2,1-2H3,(H,14,16)/t7-/m1/s1. The SMILES string of the molecule is C[C@@H]1CCc2c(-c3n[nH]c(=S)n3C)csc2C1. The summed E-state index contributed by atoms with van der Waals surface area (Å²) < 4.78 is 2.64. The highest BCUT2D eigenvalue weighted by Crippen LogP contribution is 2.37. The first-order valence-corrected chi connectivity index (χ1v) is 7.16. The summed E-state index contributed by atoms with van der Waals surface area (Å²) in [5.74, 6) is 1.79. The van der Waals surface area contributed by atoms with Gasteiger partial charge in [0.1, 0.15) is 0 Å². The van der Waals surface area contributed by atoms with Crippen LogP contribution in [0.25, 0.3) is 11.4 Å². The number of aromatic amines is 1. The fraction of sp³-hybridized carbons (Fsp3) is 0.500. The van der Waals surface area contributed by atoms with Gasteiger partial charge in [-0.1, -0.05) is 6.92 Å². The number of nitrogens with zero attached hydrogens (tertiary/aromatic N) is 2. The van der Waals surface area contributed by atoms with Crippen LogP contribution in [0.2, 0.25) is 0 Å². The molecule has 17 heavy (non-hydrogen) atoms. The highest BCUT2D eigenvalue weighted by atomic mass is 32.1. The Labute approximate surface area is 109 Å². The van der Waals surface area contributed by atoms with Crippen LogP contribution in [0.5, 0.6) is 0 Å². The second-order valence-corrected chi connectivity index (χ2v) is 6.16. The lowest BCUT2D eigenvalue weighted by molar-refractivity contribution is 0.508. The number of thiophene rings is 1. The zero-order valence-corrected chi connectivity index (χ0v) is 11.6. The number of H-pyrrole nitrogens is 1. The van der Waals surface area contributed by atoms with E-state index in [1.54, 1.807) is 0 Å². The molecule has 0 bridgehead atoms. The second kappa shape index (κ2) is 4.07. The van der Waals surface area contributed by atoms with Crippen molar-refractivity contribution in [3.05, 3.63) is 20.6 Å². The van der Waals surface area contributed by atoms with E-state index in [9.17, 15) is 0 Å². The molecule has 0 aromatic carbocycles. The summed E-state index contributed by atoms with van der Waals surface area (Å²) in [6.07, 6.45) is 3.68. The van der Waals surface area contributed by atoms with Crippen LogP contribution >= 0.6 is 23.6 Å². The molecule has 3 nitrogen and oxygen atoms in total. The smallest absolute Gasteiger partial charge is 0.195 e. The molecule has 2 heterocycles. The molecule has 0 spiro atoms. The molecule has 1 atom stereocenters. The average Bonchev–Trinajstić information content (AvgIpc) is 2.84. The minimum absolute atomic E-state index is 0.684. The Morgan fingerprint density at radius 3 is 3.12 bits per heavy atom. The molecule has 1 aliphatic carbocycles. The van der Waals surface area contributed by atoms with Crippen molar-refractivity contribution >= 4 is 23.6 Å². The number of rotatable bonds is 1. The van der Waals surface area contributed by atoms with Crippen LogP contribution in [0.1, 0.15) is 23.8 Å². The Morgan fingerprint density at radius 2 is 2.41 bits per heavy atom. The number of aromatic nitrogens is 3. The lowest BCUT2D eigenvalue weighted by Crippen LogP contribution is -2.09. The van der Waals surface area contributed by atoms with Gasteiger partial charge in [0.25, 0.3) is 0 Å². The molecule has 0 unspecified atom stereocenters. The first-order chi connectivity index (χ1) is 8.16. The predicted octanol–water partition coefficient (Wildman–Crippen LogP) is 3.33. The van der Waals surface area contributed by atoms with Gasteiger partial charge in [0.15, 0.2) is 10.6 Å². The molecule has 2 aromatic heterocycles. The maximum Gasteiger partial charge on any atom is 0.195 e. The lowest BCUT2D eigenvalue weighted by atomic mass is 9.88. The van der Waals surface area contributed by atoms with E-state index in [4.69, 9.17) is 12.2 Å². The predicted molar refractivity (Wildman–Crippen MR) is 72.9 cm³/mol. The van der Waals surface area contributed by atoms with E-state index >= 15 is 0 Å². The van der Waals surface area contributed by atoms with Crippen molar-refractivity contribution in [3.8, 4) is 11.4 Å². The average molecular weight is 265 g/mol. The second-order valence-electron chi connectivity index (χ2n) is 4.81. The minimum Gasteiger partial charge on any atom is -0.303 e. The third-order valence-electron chi connectivity index (χ3n) is 3.52. The van der Waals surface area contributed by atoms with Gasteiger partial charge in [-0.2, -0.15) is 5.10 Å². The number of hydrogen-bond donors (Lipinski definition) is 1. The summed E-state index contributed by atoms with van der Waals surface area (Å²) in [5.41, 5.74) is 2.76. The lowest BCUT2D eigenvalue weighted by Gasteiger charge is -2.18. The topological polar surface area (TPSA) is 33.6 Å². The van der Waals surface area contributed by atoms with Gasteiger partial charge in [-0.3, -0.25) is 5.10 Å². The van der Waals surface area contributed by atoms with Crippen molar-refractivity contribution < 1.29 is 0 Å². The molecule has 0 fully saturated rings. The highest BCUT2D eigenvalue weighted by Gasteiger charge is 2.22. The quantitative estimate of drug-likeness (QED) is 0.802. The van der Waals surface area contributed by atoms with Crippen molar-refractivity contribution in [2.45, 2.75) is 26.2 Å². The van der Waals surface area contributed by atoms with Gasteiger partial charge in [-0.25, -0.2) is 0 Å². The van der Waals surface area contributed by atoms with Crippen molar-refractivity contribution in [3.63, 3.8) is 0 Å². The Hall–Kier alpha value is -0.940. The number of nitrogens with one attached hydrogen (secondary N) is 1. The van der Waals surface area contributed by atoms with E-state index in [1.807, 2.05) is 23.0 Å². The highest BCUT2D eigenvalue weighted by molar-refractivity contribution is 7.71. The first-order valence-electron chi connectivity index (χ1n) is 5.88. The van der Waals surface area contributed by atoms with Gasteiger partial charge >= 0.3 is 0 Å². The zero-order chi connectivity index (χ0) is 12.0. The normalized spacial score (nSPS) is 19.3. The van der Waals surface area contributed by atoms with Gasteiger partial charge in [-0.15, -0.1) is 11.3 Å². The summed E-state index contributed by atoms with van der Waals surface area (Å²) in [4.78, 5) is 1.53. The van der Waals surface area contributed by atoms with Crippen LogP contribution in [0.4, 0.5) is 0 Å². The maximum atomic E-state index is 5.17. The Balaban J connectivity index is 2.11. The van der Waals surface area contributed by atoms with E-state index in [0.29, 0.717) is 4.77 Å². The monoisotopic (exact) mass is 265 g/mol. The molecule has 1 aliphatic rings. The molecule has 0 radical (unpaired) electrons. The summed E-state index contributed by atoms with van der Waals surface area (Å²) >= 11 is 7.04. The molecule has 0 amide bonds. The number of fused-ring (bicyclic) bond motifs is 1. The fourth-order valence-corrected chi connectivity index (χ4v) is 3.83. The Bertz CT molecular complexity index is 606. The van der Waals surface area contributed by atoms with Gasteiger partial charge in [-0.05, 0) is 43.0 Å². The van der Waals surface area contributed by atoms with Crippen molar-refractivity contribution in [2.24, 2.45) is 13.0 Å². The van der Waals surface area contributed by atoms with Crippen LogP contribution in [0, 0.1) is 10.7 Å². The van der Waals surface area contributed by atoms with Crippen LogP contribution < -0.4 is 0 Å². The van der Waals surface area contributed by atoms with Gasteiger partial charge in [0, 0.05) is 22.9 Å². The van der Waals surface area contributed by atoms with Gasteiger partial charge in [0.2, 0.25) is 0 Å². The first kappa shape index (κ1) is 11.2. The van der Waals surface area contributed by atoms with Crippen LogP contribution in [0.15, 0.2) is 5.38 Å². The summed E-state index contributed by atoms with van der Waals surface area (Å²) in [5, 5.41) is 9.43. The van der Waals surface area contributed by atoms with Crippen molar-refractivity contribution in [1.82, 2.24) is 14.8 Å². The largest absolute Gasteiger partial charge is 0.303 e. The van der Waals surface area contributed by atoms with Gasteiger partial charge in [0.05, 0.1) is 0 Å². The third kappa shape index (κ3) is 1.77. The minimum atomic E-state index is 0.684. The molecule has 0 saturated heterocycles. The van der Waals surface area contributed by atoms with Crippen molar-refractivity contribution in [1.29, 1.82) is 0 Å². The van der Waals surface area contributed by atoms with Crippen molar-refractivity contribution in [2.75, 3.05) is 0 Å². The van der Waals surface area contributed by atoms with Crippen LogP contribution in [-0.2, 0) is 19.9 Å². The molecule has 3 rings (SSSR count). The van der Waals surface area contributed by atoms with E-state index in [2.05, 4.69) is 22.5 Å². The molecule has 5 heteroatoms. The molecule has 2 aromatic rings. The molecular formula is C12H15N3S2. The van der Waals surface area contributed by atoms with Gasteiger partial charge < -0.3 is 4.57 Å². The van der Waals surface area contributed by atoms with E-state index in [-0.39, 0.29) is 0 Å². The van der Waals surface area contributed by atoms with E-state index < -0.39 is 0 Å². The molecule has 90 valence electrons. The number of hydrogen-bond acceptors (Lipinski definition) is 3. The zero-order valence-electron chi connectivity index (χ0n) is 9.99. The summed E-state index contributed by atoms with van der Waals surface area (Å²) in [7, 11) is 1.97. The summed E-state index contributed by atoms with van der Waals surface area (Å²) in [6.45, 7) is 2.33. The fourth-order valence-electron chi connectivity index (χ4n) is 2.45. The van der Waals surface area contributed by atoms with Crippen LogP contribution in [0.3, 0.4) is 0 Å². The summed E-state index contributed by atoms with van der Waals surface area (Å²) in [6, 6.07) is 0. The maximum absolute atomic E-state index is 5.17. The molecule has 0 saturated carbocycles. The molecular weight excluding hydrogens is 250 g/mol. The molecule has 0 aliphatic heterocycles.